The average molecular weight is 210 g/mol. The van der Waals surface area contributed by atoms with Gasteiger partial charge in [0.15, 0.2) is 0 Å². The highest BCUT2D eigenvalue weighted by molar-refractivity contribution is 7.99. The van der Waals surface area contributed by atoms with Gasteiger partial charge in [-0.15, -0.1) is 11.8 Å². The van der Waals surface area contributed by atoms with Crippen LogP contribution >= 0.6 is 11.8 Å². The fourth-order valence-corrected chi connectivity index (χ4v) is 1.97. The topological polar surface area (TPSA) is 25.8 Å². The second-order valence-electron chi connectivity index (χ2n) is 3.78. The number of thioether (sulfide) groups is 1. The van der Waals surface area contributed by atoms with E-state index in [2.05, 4.69) is 30.7 Å². The van der Waals surface area contributed by atoms with Gasteiger partial charge in [0.25, 0.3) is 0 Å². The molecule has 0 aliphatic carbocycles. The Morgan fingerprint density at radius 3 is 2.64 bits per heavy atom. The summed E-state index contributed by atoms with van der Waals surface area (Å²) in [5.41, 5.74) is 2.17. The van der Waals surface area contributed by atoms with E-state index in [0.29, 0.717) is 5.92 Å². The monoisotopic (exact) mass is 210 g/mol. The molecular weight excluding hydrogens is 192 g/mol. The van der Waals surface area contributed by atoms with Crippen LogP contribution in [0.5, 0.6) is 0 Å². The third-order valence-electron chi connectivity index (χ3n) is 1.85. The molecule has 1 aromatic heterocycles. The molecule has 0 spiro atoms. The van der Waals surface area contributed by atoms with Gasteiger partial charge < -0.3 is 0 Å². The van der Waals surface area contributed by atoms with Gasteiger partial charge in [-0.2, -0.15) is 0 Å². The van der Waals surface area contributed by atoms with E-state index in [1.165, 1.54) is 0 Å². The zero-order valence-corrected chi connectivity index (χ0v) is 10.2. The molecular formula is C11H18N2S. The number of aryl methyl sites for hydroxylation is 1. The molecule has 0 aliphatic rings. The molecule has 78 valence electrons. The maximum Gasteiger partial charge on any atom is 0.117 e. The molecule has 0 saturated heterocycles. The molecule has 14 heavy (non-hydrogen) atoms. The predicted octanol–water partition coefficient (Wildman–Crippen LogP) is 3.10. The van der Waals surface area contributed by atoms with E-state index in [-0.39, 0.29) is 0 Å². The largest absolute Gasteiger partial charge is 0.254 e. The highest BCUT2D eigenvalue weighted by atomic mass is 32.2. The van der Waals surface area contributed by atoms with E-state index >= 15 is 0 Å². The van der Waals surface area contributed by atoms with Gasteiger partial charge >= 0.3 is 0 Å². The van der Waals surface area contributed by atoms with Gasteiger partial charge in [-0.05, 0) is 25.0 Å². The third kappa shape index (κ3) is 3.29. The van der Waals surface area contributed by atoms with Gasteiger partial charge in [0, 0.05) is 6.20 Å². The summed E-state index contributed by atoms with van der Waals surface area (Å²) in [4.78, 5) is 8.97. The molecule has 1 heterocycles. The summed E-state index contributed by atoms with van der Waals surface area (Å²) in [5.74, 6) is 1.70. The van der Waals surface area contributed by atoms with Crippen LogP contribution in [-0.4, -0.2) is 15.7 Å². The van der Waals surface area contributed by atoms with Crippen LogP contribution < -0.4 is 0 Å². The van der Waals surface area contributed by atoms with Crippen molar-refractivity contribution in [3.05, 3.63) is 17.6 Å². The third-order valence-corrected chi connectivity index (χ3v) is 2.81. The van der Waals surface area contributed by atoms with Crippen LogP contribution in [0.3, 0.4) is 0 Å². The molecule has 0 saturated carbocycles. The predicted molar refractivity (Wildman–Crippen MR) is 61.7 cm³/mol. The van der Waals surface area contributed by atoms with Crippen molar-refractivity contribution in [2.24, 2.45) is 5.92 Å². The number of hydrogen-bond acceptors (Lipinski definition) is 3. The Balaban J connectivity index is 2.78. The van der Waals surface area contributed by atoms with E-state index in [4.69, 9.17) is 0 Å². The summed E-state index contributed by atoms with van der Waals surface area (Å²) in [5, 5.41) is 1.07. The lowest BCUT2D eigenvalue weighted by molar-refractivity contribution is 0.629. The molecule has 0 aromatic carbocycles. The SMILES string of the molecule is CCSc1ncc(CC(C)C)nc1C. The number of hydrogen-bond donors (Lipinski definition) is 0. The Labute approximate surface area is 90.5 Å². The van der Waals surface area contributed by atoms with Crippen LogP contribution in [0, 0.1) is 12.8 Å². The minimum Gasteiger partial charge on any atom is -0.254 e. The molecule has 0 aliphatic heterocycles. The minimum atomic E-state index is 0.647. The Hall–Kier alpha value is -0.570. The summed E-state index contributed by atoms with van der Waals surface area (Å²) in [6.07, 6.45) is 2.93. The van der Waals surface area contributed by atoms with Gasteiger partial charge in [-0.1, -0.05) is 20.8 Å². The summed E-state index contributed by atoms with van der Waals surface area (Å²) >= 11 is 1.76. The Kier molecular flexibility index (Phi) is 4.39. The van der Waals surface area contributed by atoms with E-state index in [1.807, 2.05) is 13.1 Å². The van der Waals surface area contributed by atoms with Crippen molar-refractivity contribution < 1.29 is 0 Å². The molecule has 0 atom stereocenters. The second kappa shape index (κ2) is 5.35. The first-order valence-corrected chi connectivity index (χ1v) is 6.07. The molecule has 3 heteroatoms. The van der Waals surface area contributed by atoms with Crippen LogP contribution in [0.2, 0.25) is 0 Å². The van der Waals surface area contributed by atoms with Gasteiger partial charge in [-0.3, -0.25) is 4.98 Å². The summed E-state index contributed by atoms with van der Waals surface area (Å²) in [7, 11) is 0. The lowest BCUT2D eigenvalue weighted by Crippen LogP contribution is -2.01. The zero-order chi connectivity index (χ0) is 10.6. The van der Waals surface area contributed by atoms with Crippen molar-refractivity contribution in [3.63, 3.8) is 0 Å². The van der Waals surface area contributed by atoms with Crippen LogP contribution in [0.15, 0.2) is 11.2 Å². The quantitative estimate of drug-likeness (QED) is 0.714. The van der Waals surface area contributed by atoms with Gasteiger partial charge in [-0.25, -0.2) is 4.98 Å². The van der Waals surface area contributed by atoms with Crippen LogP contribution in [-0.2, 0) is 6.42 Å². The Bertz CT molecular complexity index is 297. The van der Waals surface area contributed by atoms with E-state index in [0.717, 1.165) is 28.6 Å². The first-order valence-electron chi connectivity index (χ1n) is 5.08. The van der Waals surface area contributed by atoms with Crippen LogP contribution in [0.1, 0.15) is 32.2 Å². The summed E-state index contributed by atoms with van der Waals surface area (Å²) in [6.45, 7) is 8.57. The molecule has 0 bridgehead atoms. The van der Waals surface area contributed by atoms with E-state index in [9.17, 15) is 0 Å². The minimum absolute atomic E-state index is 0.647. The van der Waals surface area contributed by atoms with Crippen LogP contribution in [0.4, 0.5) is 0 Å². The average Bonchev–Trinajstić information content (AvgIpc) is 2.09. The Morgan fingerprint density at radius 1 is 1.43 bits per heavy atom. The van der Waals surface area contributed by atoms with Crippen molar-refractivity contribution in [2.45, 2.75) is 39.1 Å². The lowest BCUT2D eigenvalue weighted by atomic mass is 10.1. The molecule has 0 unspecified atom stereocenters. The molecule has 2 nitrogen and oxygen atoms in total. The highest BCUT2D eigenvalue weighted by Crippen LogP contribution is 2.18. The fourth-order valence-electron chi connectivity index (χ4n) is 1.31. The number of nitrogens with zero attached hydrogens (tertiary/aromatic N) is 2. The molecule has 1 aromatic rings. The zero-order valence-electron chi connectivity index (χ0n) is 9.37. The van der Waals surface area contributed by atoms with Crippen molar-refractivity contribution in [1.82, 2.24) is 9.97 Å². The smallest absolute Gasteiger partial charge is 0.117 e. The lowest BCUT2D eigenvalue weighted by Gasteiger charge is -2.07. The van der Waals surface area contributed by atoms with E-state index in [1.54, 1.807) is 11.8 Å². The molecule has 0 N–H and O–H groups in total. The first kappa shape index (κ1) is 11.5. The van der Waals surface area contributed by atoms with E-state index < -0.39 is 0 Å². The normalized spacial score (nSPS) is 10.9. The number of aromatic nitrogens is 2. The molecule has 0 radical (unpaired) electrons. The molecule has 0 amide bonds. The summed E-state index contributed by atoms with van der Waals surface area (Å²) in [6, 6.07) is 0. The highest BCUT2D eigenvalue weighted by Gasteiger charge is 2.04. The van der Waals surface area contributed by atoms with Crippen molar-refractivity contribution in [2.75, 3.05) is 5.75 Å². The maximum absolute atomic E-state index is 4.55. The first-order chi connectivity index (χ1) is 6.63. The maximum atomic E-state index is 4.55. The second-order valence-corrected chi connectivity index (χ2v) is 5.04. The Morgan fingerprint density at radius 2 is 2.14 bits per heavy atom. The standard InChI is InChI=1S/C11H18N2S/c1-5-14-11-9(4)13-10(7-12-11)6-8(2)3/h7-8H,5-6H2,1-4H3. The summed E-state index contributed by atoms with van der Waals surface area (Å²) < 4.78 is 0. The molecule has 1 rings (SSSR count). The van der Waals surface area contributed by atoms with Gasteiger partial charge in [0.05, 0.1) is 11.4 Å². The van der Waals surface area contributed by atoms with Crippen molar-refractivity contribution in [3.8, 4) is 0 Å². The number of rotatable bonds is 4. The van der Waals surface area contributed by atoms with Crippen molar-refractivity contribution >= 4 is 11.8 Å². The molecule has 0 fully saturated rings. The van der Waals surface area contributed by atoms with Crippen LogP contribution in [0.25, 0.3) is 0 Å². The van der Waals surface area contributed by atoms with Crippen molar-refractivity contribution in [1.29, 1.82) is 0 Å². The van der Waals surface area contributed by atoms with Gasteiger partial charge in [0.2, 0.25) is 0 Å². The van der Waals surface area contributed by atoms with Gasteiger partial charge in [0.1, 0.15) is 5.03 Å². The fraction of sp³-hybridized carbons (Fsp3) is 0.636.